The van der Waals surface area contributed by atoms with Gasteiger partial charge in [-0.2, -0.15) is 0 Å². The minimum absolute atomic E-state index is 0.485. The van der Waals surface area contributed by atoms with Crippen molar-refractivity contribution in [2.24, 2.45) is 0 Å². The highest BCUT2D eigenvalue weighted by Crippen LogP contribution is 2.43. The molecule has 0 aromatic heterocycles. The molecule has 2 atom stereocenters. The van der Waals surface area contributed by atoms with E-state index in [2.05, 4.69) is 5.32 Å². The van der Waals surface area contributed by atoms with Crippen LogP contribution in [0.15, 0.2) is 36.4 Å². The molecule has 0 spiro atoms. The van der Waals surface area contributed by atoms with Crippen LogP contribution in [0.2, 0.25) is 0 Å². The fourth-order valence-corrected chi connectivity index (χ4v) is 3.20. The quantitative estimate of drug-likeness (QED) is 0.796. The lowest BCUT2D eigenvalue weighted by molar-refractivity contribution is -0.187. The molecule has 1 aliphatic heterocycles. The van der Waals surface area contributed by atoms with Crippen molar-refractivity contribution in [3.63, 3.8) is 0 Å². The summed E-state index contributed by atoms with van der Waals surface area (Å²) in [5, 5.41) is 2.78. The Morgan fingerprint density at radius 1 is 1.14 bits per heavy atom. The van der Waals surface area contributed by atoms with Crippen molar-refractivity contribution in [2.75, 3.05) is 19.5 Å². The average molecular weight is 385 g/mol. The van der Waals surface area contributed by atoms with Crippen molar-refractivity contribution in [1.82, 2.24) is 0 Å². The Labute approximate surface area is 163 Å². The number of carbonyl (C=O) groups is 2. The number of nitrogens with one attached hydrogen (secondary N) is 1. The van der Waals surface area contributed by atoms with Crippen molar-refractivity contribution >= 4 is 17.6 Å². The molecule has 1 amide bonds. The molecule has 7 heteroatoms. The van der Waals surface area contributed by atoms with Gasteiger partial charge in [0.25, 0.3) is 12.2 Å². The summed E-state index contributed by atoms with van der Waals surface area (Å²) in [5.74, 6) is -0.148. The first-order valence-corrected chi connectivity index (χ1v) is 8.95. The fourth-order valence-electron chi connectivity index (χ4n) is 3.20. The van der Waals surface area contributed by atoms with Gasteiger partial charge < -0.3 is 24.3 Å². The standard InChI is InChI=1S/C21H23NO6/c1-5-13-9-10-16-15(11-13)18(28-21(20(24)22-16)27-12(2)23)14-7-6-8-17(25-3)19(14)26-4/h6-11,18,21H,5H2,1-4H3,(H,22,24)/t18-,21+/m0/s1. The van der Waals surface area contributed by atoms with Crippen LogP contribution < -0.4 is 14.8 Å². The van der Waals surface area contributed by atoms with Crippen molar-refractivity contribution in [3.8, 4) is 11.5 Å². The van der Waals surface area contributed by atoms with E-state index < -0.39 is 24.3 Å². The molecule has 0 saturated carbocycles. The number of anilines is 1. The number of hydrogen-bond donors (Lipinski definition) is 1. The topological polar surface area (TPSA) is 83.1 Å². The first-order valence-electron chi connectivity index (χ1n) is 8.95. The maximum Gasteiger partial charge on any atom is 0.305 e. The number of methoxy groups -OCH3 is 2. The Hall–Kier alpha value is -3.06. The lowest BCUT2D eigenvalue weighted by atomic mass is 9.96. The van der Waals surface area contributed by atoms with E-state index in [1.54, 1.807) is 13.2 Å². The zero-order valence-electron chi connectivity index (χ0n) is 16.3. The number of ether oxygens (including phenoxy) is 4. The van der Waals surface area contributed by atoms with Gasteiger partial charge >= 0.3 is 5.97 Å². The maximum absolute atomic E-state index is 12.6. The van der Waals surface area contributed by atoms with Crippen LogP contribution in [-0.2, 0) is 25.5 Å². The lowest BCUT2D eigenvalue weighted by Crippen LogP contribution is -2.33. The van der Waals surface area contributed by atoms with Gasteiger partial charge in [-0.15, -0.1) is 0 Å². The highest BCUT2D eigenvalue weighted by atomic mass is 16.7. The number of rotatable bonds is 5. The van der Waals surface area contributed by atoms with E-state index in [1.807, 2.05) is 37.3 Å². The minimum Gasteiger partial charge on any atom is -0.493 e. The zero-order chi connectivity index (χ0) is 20.3. The van der Waals surface area contributed by atoms with Gasteiger partial charge in [0.1, 0.15) is 6.10 Å². The van der Waals surface area contributed by atoms with Crippen LogP contribution in [0.1, 0.15) is 36.6 Å². The summed E-state index contributed by atoms with van der Waals surface area (Å²) in [5.41, 5.74) is 3.07. The normalized spacial score (nSPS) is 18.5. The van der Waals surface area contributed by atoms with Crippen LogP contribution in [-0.4, -0.2) is 32.4 Å². The fraction of sp³-hybridized carbons (Fsp3) is 0.333. The van der Waals surface area contributed by atoms with E-state index in [0.29, 0.717) is 22.7 Å². The van der Waals surface area contributed by atoms with Gasteiger partial charge in [-0.05, 0) is 24.1 Å². The van der Waals surface area contributed by atoms with E-state index in [4.69, 9.17) is 18.9 Å². The summed E-state index contributed by atoms with van der Waals surface area (Å²) in [6.45, 7) is 3.27. The lowest BCUT2D eigenvalue weighted by Gasteiger charge is -2.24. The van der Waals surface area contributed by atoms with Crippen LogP contribution in [0.4, 0.5) is 5.69 Å². The van der Waals surface area contributed by atoms with Gasteiger partial charge in [0.2, 0.25) is 0 Å². The SMILES string of the molecule is CCc1ccc2c(c1)[C@H](c1cccc(OC)c1OC)O[C@@H](OC(C)=O)C(=O)N2. The molecule has 0 saturated heterocycles. The number of para-hydroxylation sites is 1. The first-order chi connectivity index (χ1) is 13.5. The molecule has 2 aromatic carbocycles. The Morgan fingerprint density at radius 3 is 2.57 bits per heavy atom. The average Bonchev–Trinajstić information content (AvgIpc) is 2.82. The van der Waals surface area contributed by atoms with Gasteiger partial charge in [-0.1, -0.05) is 31.2 Å². The molecule has 0 radical (unpaired) electrons. The van der Waals surface area contributed by atoms with Crippen molar-refractivity contribution in [1.29, 1.82) is 0 Å². The molecule has 2 aromatic rings. The second-order valence-corrected chi connectivity index (χ2v) is 6.30. The summed E-state index contributed by atoms with van der Waals surface area (Å²) in [7, 11) is 3.08. The van der Waals surface area contributed by atoms with Gasteiger partial charge in [0.05, 0.1) is 14.2 Å². The molecule has 0 bridgehead atoms. The van der Waals surface area contributed by atoms with E-state index in [0.717, 1.165) is 17.5 Å². The minimum atomic E-state index is -1.39. The second-order valence-electron chi connectivity index (χ2n) is 6.30. The third-order valence-electron chi connectivity index (χ3n) is 4.53. The van der Waals surface area contributed by atoms with Crippen molar-refractivity contribution < 1.29 is 28.5 Å². The molecule has 1 aliphatic rings. The monoisotopic (exact) mass is 385 g/mol. The number of amides is 1. The number of benzene rings is 2. The van der Waals surface area contributed by atoms with E-state index in [-0.39, 0.29) is 0 Å². The molecule has 0 unspecified atom stereocenters. The van der Waals surface area contributed by atoms with Gasteiger partial charge in [0, 0.05) is 23.7 Å². The van der Waals surface area contributed by atoms with Gasteiger partial charge in [0.15, 0.2) is 11.5 Å². The predicted molar refractivity (Wildman–Crippen MR) is 102 cm³/mol. The van der Waals surface area contributed by atoms with Gasteiger partial charge in [-0.25, -0.2) is 0 Å². The maximum atomic E-state index is 12.6. The van der Waals surface area contributed by atoms with E-state index >= 15 is 0 Å². The van der Waals surface area contributed by atoms with Crippen LogP contribution in [0, 0.1) is 0 Å². The molecule has 28 heavy (non-hydrogen) atoms. The summed E-state index contributed by atoms with van der Waals surface area (Å²) in [6, 6.07) is 11.1. The van der Waals surface area contributed by atoms with Crippen LogP contribution in [0.25, 0.3) is 0 Å². The second kappa shape index (κ2) is 8.31. The molecular weight excluding hydrogens is 362 g/mol. The van der Waals surface area contributed by atoms with Crippen LogP contribution in [0.3, 0.4) is 0 Å². The Balaban J connectivity index is 2.18. The number of hydrogen-bond acceptors (Lipinski definition) is 6. The summed E-state index contributed by atoms with van der Waals surface area (Å²) in [4.78, 5) is 24.0. The summed E-state index contributed by atoms with van der Waals surface area (Å²) in [6.07, 6.45) is -1.29. The Morgan fingerprint density at radius 2 is 1.93 bits per heavy atom. The molecule has 1 heterocycles. The van der Waals surface area contributed by atoms with Crippen molar-refractivity contribution in [3.05, 3.63) is 53.1 Å². The highest BCUT2D eigenvalue weighted by molar-refractivity contribution is 5.96. The van der Waals surface area contributed by atoms with E-state index in [1.165, 1.54) is 14.0 Å². The summed E-state index contributed by atoms with van der Waals surface area (Å²) < 4.78 is 22.1. The highest BCUT2D eigenvalue weighted by Gasteiger charge is 2.35. The Bertz CT molecular complexity index is 894. The third kappa shape index (κ3) is 3.80. The number of aryl methyl sites for hydroxylation is 1. The van der Waals surface area contributed by atoms with Crippen molar-refractivity contribution in [2.45, 2.75) is 32.7 Å². The predicted octanol–water partition coefficient (Wildman–Crippen LogP) is 3.21. The molecule has 1 N–H and O–H groups in total. The molecule has 3 rings (SSSR count). The van der Waals surface area contributed by atoms with Crippen LogP contribution in [0.5, 0.6) is 11.5 Å². The molecule has 0 fully saturated rings. The Kier molecular flexibility index (Phi) is 5.84. The molecule has 148 valence electrons. The third-order valence-corrected chi connectivity index (χ3v) is 4.53. The first kappa shape index (κ1) is 19.7. The molecule has 7 nitrogen and oxygen atoms in total. The smallest absolute Gasteiger partial charge is 0.305 e. The van der Waals surface area contributed by atoms with Crippen LogP contribution >= 0.6 is 0 Å². The largest absolute Gasteiger partial charge is 0.493 e. The zero-order valence-corrected chi connectivity index (χ0v) is 16.3. The summed E-state index contributed by atoms with van der Waals surface area (Å²) >= 11 is 0. The number of carbonyl (C=O) groups excluding carboxylic acids is 2. The number of esters is 1. The molecule has 0 aliphatic carbocycles. The van der Waals surface area contributed by atoms with Gasteiger partial charge in [-0.3, -0.25) is 9.59 Å². The molecular formula is C21H23NO6. The number of fused-ring (bicyclic) bond motifs is 1. The van der Waals surface area contributed by atoms with E-state index in [9.17, 15) is 9.59 Å².